The molecule has 0 atom stereocenters. The van der Waals surface area contributed by atoms with Crippen LogP contribution >= 0.6 is 0 Å². The lowest BCUT2D eigenvalue weighted by Crippen LogP contribution is -2.39. The Kier molecular flexibility index (Phi) is 2.73. The maximum absolute atomic E-state index is 5.89. The Balaban J connectivity index is 2.12. The maximum Gasteiger partial charge on any atom is 0.0395 e. The highest BCUT2D eigenvalue weighted by atomic mass is 15.1. The highest BCUT2D eigenvalue weighted by molar-refractivity contribution is 5.53. The fourth-order valence-electron chi connectivity index (χ4n) is 2.06. The van der Waals surface area contributed by atoms with Crippen molar-refractivity contribution in [3.63, 3.8) is 0 Å². The molecule has 2 nitrogen and oxygen atoms in total. The van der Waals surface area contributed by atoms with Gasteiger partial charge >= 0.3 is 0 Å². The number of hydrogen-bond donors (Lipinski definition) is 1. The van der Waals surface area contributed by atoms with Crippen molar-refractivity contribution in [2.24, 2.45) is 5.73 Å². The Bertz CT molecular complexity index is 301. The molecule has 0 spiro atoms. The van der Waals surface area contributed by atoms with Gasteiger partial charge in [0, 0.05) is 24.8 Å². The predicted molar refractivity (Wildman–Crippen MR) is 60.6 cm³/mol. The van der Waals surface area contributed by atoms with E-state index in [1.54, 1.807) is 0 Å². The first-order valence-corrected chi connectivity index (χ1v) is 5.33. The zero-order chi connectivity index (χ0) is 9.97. The molecule has 1 aromatic carbocycles. The molecule has 2 N–H and O–H groups in total. The normalized spacial score (nSPS) is 18.6. The molecule has 0 aliphatic carbocycles. The molecule has 14 heavy (non-hydrogen) atoms. The van der Waals surface area contributed by atoms with Gasteiger partial charge in [0.05, 0.1) is 0 Å². The van der Waals surface area contributed by atoms with Crippen LogP contribution in [0.2, 0.25) is 0 Å². The number of aryl methyl sites for hydroxylation is 1. The van der Waals surface area contributed by atoms with Gasteiger partial charge < -0.3 is 10.6 Å². The number of nitrogens with zero attached hydrogens (tertiary/aromatic N) is 1. The van der Waals surface area contributed by atoms with Crippen LogP contribution < -0.4 is 10.6 Å². The second kappa shape index (κ2) is 4.01. The van der Waals surface area contributed by atoms with Gasteiger partial charge in [-0.05, 0) is 31.4 Å². The summed E-state index contributed by atoms with van der Waals surface area (Å²) in [6.07, 6.45) is 2.24. The fourth-order valence-corrected chi connectivity index (χ4v) is 2.06. The molecule has 0 saturated carbocycles. The summed E-state index contributed by atoms with van der Waals surface area (Å²) in [6.45, 7) is 4.38. The Morgan fingerprint density at radius 3 is 2.50 bits per heavy atom. The molecule has 2 rings (SSSR count). The van der Waals surface area contributed by atoms with Gasteiger partial charge in [-0.2, -0.15) is 0 Å². The van der Waals surface area contributed by atoms with Crippen molar-refractivity contribution in [3.05, 3.63) is 29.8 Å². The van der Waals surface area contributed by atoms with E-state index in [0.29, 0.717) is 6.04 Å². The second-order valence-corrected chi connectivity index (χ2v) is 4.11. The summed E-state index contributed by atoms with van der Waals surface area (Å²) in [5.41, 5.74) is 8.62. The molecule has 76 valence electrons. The minimum atomic E-state index is 0.412. The quantitative estimate of drug-likeness (QED) is 0.733. The molecule has 0 unspecified atom stereocenters. The molecule has 0 bridgehead atoms. The van der Waals surface area contributed by atoms with Gasteiger partial charge in [0.25, 0.3) is 0 Å². The standard InChI is InChI=1S/C12H18N2/c1-10-4-2-3-5-12(10)14-8-6-11(13)7-9-14/h2-5,11H,6-9,13H2,1H3. The van der Waals surface area contributed by atoms with Crippen molar-refractivity contribution < 1.29 is 0 Å². The summed E-state index contributed by atoms with van der Waals surface area (Å²) in [4.78, 5) is 2.44. The van der Waals surface area contributed by atoms with Gasteiger partial charge in [0.1, 0.15) is 0 Å². The zero-order valence-electron chi connectivity index (χ0n) is 8.74. The number of para-hydroxylation sites is 1. The van der Waals surface area contributed by atoms with E-state index in [0.717, 1.165) is 25.9 Å². The van der Waals surface area contributed by atoms with E-state index in [2.05, 4.69) is 36.1 Å². The Hall–Kier alpha value is -1.02. The second-order valence-electron chi connectivity index (χ2n) is 4.11. The Morgan fingerprint density at radius 1 is 1.21 bits per heavy atom. The summed E-state index contributed by atoms with van der Waals surface area (Å²) in [5.74, 6) is 0. The van der Waals surface area contributed by atoms with E-state index < -0.39 is 0 Å². The topological polar surface area (TPSA) is 29.3 Å². The zero-order valence-corrected chi connectivity index (χ0v) is 8.74. The molecule has 1 heterocycles. The van der Waals surface area contributed by atoms with Gasteiger partial charge in [0.2, 0.25) is 0 Å². The van der Waals surface area contributed by atoms with Crippen molar-refractivity contribution in [1.82, 2.24) is 0 Å². The third kappa shape index (κ3) is 1.90. The first-order valence-electron chi connectivity index (χ1n) is 5.33. The monoisotopic (exact) mass is 190 g/mol. The molecule has 2 heteroatoms. The van der Waals surface area contributed by atoms with E-state index in [9.17, 15) is 0 Å². The average Bonchev–Trinajstić information content (AvgIpc) is 2.20. The van der Waals surface area contributed by atoms with Crippen LogP contribution in [0.3, 0.4) is 0 Å². The molecule has 1 aromatic rings. The van der Waals surface area contributed by atoms with E-state index in [-0.39, 0.29) is 0 Å². The third-order valence-electron chi connectivity index (χ3n) is 3.00. The lowest BCUT2D eigenvalue weighted by Gasteiger charge is -2.33. The number of anilines is 1. The van der Waals surface area contributed by atoms with Crippen molar-refractivity contribution in [2.75, 3.05) is 18.0 Å². The number of benzene rings is 1. The first-order chi connectivity index (χ1) is 6.77. The van der Waals surface area contributed by atoms with Crippen molar-refractivity contribution in [1.29, 1.82) is 0 Å². The molecule has 1 fully saturated rings. The van der Waals surface area contributed by atoms with E-state index in [1.807, 2.05) is 0 Å². The Morgan fingerprint density at radius 2 is 1.86 bits per heavy atom. The van der Waals surface area contributed by atoms with Crippen LogP contribution in [0, 0.1) is 6.92 Å². The number of rotatable bonds is 1. The van der Waals surface area contributed by atoms with Crippen molar-refractivity contribution >= 4 is 5.69 Å². The average molecular weight is 190 g/mol. The maximum atomic E-state index is 5.89. The number of hydrogen-bond acceptors (Lipinski definition) is 2. The summed E-state index contributed by atoms with van der Waals surface area (Å²) in [6, 6.07) is 8.98. The van der Waals surface area contributed by atoms with Crippen LogP contribution in [0.25, 0.3) is 0 Å². The molecule has 0 radical (unpaired) electrons. The predicted octanol–water partition coefficient (Wildman–Crippen LogP) is 1.92. The molecule has 1 saturated heterocycles. The largest absolute Gasteiger partial charge is 0.371 e. The highest BCUT2D eigenvalue weighted by Crippen LogP contribution is 2.22. The van der Waals surface area contributed by atoms with E-state index in [4.69, 9.17) is 5.73 Å². The van der Waals surface area contributed by atoms with Gasteiger partial charge in [-0.1, -0.05) is 18.2 Å². The van der Waals surface area contributed by atoms with Crippen LogP contribution in [0.4, 0.5) is 5.69 Å². The lowest BCUT2D eigenvalue weighted by atomic mass is 10.0. The lowest BCUT2D eigenvalue weighted by molar-refractivity contribution is 0.501. The molecular weight excluding hydrogens is 172 g/mol. The van der Waals surface area contributed by atoms with Crippen molar-refractivity contribution in [3.8, 4) is 0 Å². The molecule has 0 aromatic heterocycles. The summed E-state index contributed by atoms with van der Waals surface area (Å²) >= 11 is 0. The van der Waals surface area contributed by atoms with Gasteiger partial charge in [-0.3, -0.25) is 0 Å². The van der Waals surface area contributed by atoms with Gasteiger partial charge in [-0.25, -0.2) is 0 Å². The Labute approximate surface area is 85.7 Å². The smallest absolute Gasteiger partial charge is 0.0395 e. The molecule has 1 aliphatic heterocycles. The summed E-state index contributed by atoms with van der Waals surface area (Å²) < 4.78 is 0. The third-order valence-corrected chi connectivity index (χ3v) is 3.00. The molecule has 0 amide bonds. The van der Waals surface area contributed by atoms with Crippen molar-refractivity contribution in [2.45, 2.75) is 25.8 Å². The first kappa shape index (κ1) is 9.53. The van der Waals surface area contributed by atoms with Crippen LogP contribution in [-0.2, 0) is 0 Å². The van der Waals surface area contributed by atoms with Crippen LogP contribution in [0.1, 0.15) is 18.4 Å². The number of piperidine rings is 1. The molecular formula is C12H18N2. The highest BCUT2D eigenvalue weighted by Gasteiger charge is 2.16. The molecule has 1 aliphatic rings. The minimum Gasteiger partial charge on any atom is -0.371 e. The van der Waals surface area contributed by atoms with Gasteiger partial charge in [-0.15, -0.1) is 0 Å². The van der Waals surface area contributed by atoms with Crippen LogP contribution in [0.15, 0.2) is 24.3 Å². The summed E-state index contributed by atoms with van der Waals surface area (Å²) in [7, 11) is 0. The van der Waals surface area contributed by atoms with E-state index >= 15 is 0 Å². The van der Waals surface area contributed by atoms with E-state index in [1.165, 1.54) is 11.3 Å². The van der Waals surface area contributed by atoms with Crippen LogP contribution in [0.5, 0.6) is 0 Å². The fraction of sp³-hybridized carbons (Fsp3) is 0.500. The minimum absolute atomic E-state index is 0.412. The SMILES string of the molecule is Cc1ccccc1N1CCC(N)CC1. The van der Waals surface area contributed by atoms with Gasteiger partial charge in [0.15, 0.2) is 0 Å². The van der Waals surface area contributed by atoms with Crippen LogP contribution in [-0.4, -0.2) is 19.1 Å². The summed E-state index contributed by atoms with van der Waals surface area (Å²) in [5, 5.41) is 0. The number of nitrogens with two attached hydrogens (primary N) is 1.